The Balaban J connectivity index is 1.89. The number of rotatable bonds is 7. The number of hydrogen-bond donors (Lipinski definition) is 2. The molecule has 0 saturated heterocycles. The van der Waals surface area contributed by atoms with E-state index in [1.54, 1.807) is 25.2 Å². The highest BCUT2D eigenvalue weighted by Crippen LogP contribution is 2.38. The largest absolute Gasteiger partial charge is 0.493 e. The predicted molar refractivity (Wildman–Crippen MR) is 121 cm³/mol. The molecule has 0 aromatic heterocycles. The first-order chi connectivity index (χ1) is 15.3. The second-order valence-electron chi connectivity index (χ2n) is 8.21. The summed E-state index contributed by atoms with van der Waals surface area (Å²) >= 11 is 0. The molecular weight excluding hydrogens is 413 g/mol. The topological polar surface area (TPSA) is 79.9 Å². The summed E-state index contributed by atoms with van der Waals surface area (Å²) in [5.74, 6) is 0.897. The lowest BCUT2D eigenvalue weighted by molar-refractivity contribution is -0.122. The van der Waals surface area contributed by atoms with Gasteiger partial charge < -0.3 is 25.0 Å². The number of carbonyl (C=O) groups is 2. The van der Waals surface area contributed by atoms with Crippen LogP contribution in [0.4, 0.5) is 14.9 Å². The maximum Gasteiger partial charge on any atom is 0.322 e. The molecule has 2 N–H and O–H groups in total. The summed E-state index contributed by atoms with van der Waals surface area (Å²) in [7, 11) is 3.14. The molecule has 0 aliphatic carbocycles. The standard InChI is InChI=1S/C24H30FN3O4/c1-15(2)10-23(29)26-14-20-19-13-22(32-4)21(31-3)11-16(19)8-9-28(20)24(30)27-18-7-5-6-17(25)12-18/h5-7,11-13,15,20H,8-10,14H2,1-4H3,(H,26,29)(H,27,30)/t20-/m1/s1. The quantitative estimate of drug-likeness (QED) is 0.674. The Kier molecular flexibility index (Phi) is 7.56. The van der Waals surface area contributed by atoms with Gasteiger partial charge in [0.2, 0.25) is 5.91 Å². The zero-order valence-corrected chi connectivity index (χ0v) is 18.9. The third-order valence-electron chi connectivity index (χ3n) is 5.43. The minimum absolute atomic E-state index is 0.0712. The van der Waals surface area contributed by atoms with Gasteiger partial charge in [0.25, 0.3) is 0 Å². The molecule has 1 aliphatic heterocycles. The molecule has 7 nitrogen and oxygen atoms in total. The molecule has 0 radical (unpaired) electrons. The molecule has 8 heteroatoms. The molecule has 2 aromatic rings. The Hall–Kier alpha value is -3.29. The Bertz CT molecular complexity index is 980. The molecule has 3 rings (SSSR count). The molecule has 32 heavy (non-hydrogen) atoms. The van der Waals surface area contributed by atoms with Crippen LogP contribution in [-0.4, -0.2) is 44.1 Å². The van der Waals surface area contributed by atoms with E-state index in [-0.39, 0.29) is 24.4 Å². The molecule has 3 amide bonds. The molecule has 1 heterocycles. The van der Waals surface area contributed by atoms with Crippen LogP contribution in [-0.2, 0) is 11.2 Å². The van der Waals surface area contributed by atoms with E-state index in [2.05, 4.69) is 10.6 Å². The van der Waals surface area contributed by atoms with Crippen molar-refractivity contribution in [3.63, 3.8) is 0 Å². The van der Waals surface area contributed by atoms with Crippen LogP contribution in [0.3, 0.4) is 0 Å². The first-order valence-corrected chi connectivity index (χ1v) is 10.7. The fourth-order valence-corrected chi connectivity index (χ4v) is 3.91. The lowest BCUT2D eigenvalue weighted by atomic mass is 9.91. The fraction of sp³-hybridized carbons (Fsp3) is 0.417. The molecular formula is C24H30FN3O4. The van der Waals surface area contributed by atoms with E-state index in [0.717, 1.165) is 11.1 Å². The number of fused-ring (bicyclic) bond motifs is 1. The summed E-state index contributed by atoms with van der Waals surface area (Å²) in [4.78, 5) is 27.1. The number of nitrogens with one attached hydrogen (secondary N) is 2. The number of benzene rings is 2. The van der Waals surface area contributed by atoms with Crippen LogP contribution in [0.15, 0.2) is 36.4 Å². The molecule has 0 saturated carbocycles. The number of amides is 3. The van der Waals surface area contributed by atoms with Crippen molar-refractivity contribution in [1.82, 2.24) is 10.2 Å². The number of nitrogens with zero attached hydrogens (tertiary/aromatic N) is 1. The van der Waals surface area contributed by atoms with Gasteiger partial charge in [-0.1, -0.05) is 19.9 Å². The fourth-order valence-electron chi connectivity index (χ4n) is 3.91. The highest BCUT2D eigenvalue weighted by molar-refractivity contribution is 5.90. The average Bonchev–Trinajstić information content (AvgIpc) is 2.75. The average molecular weight is 444 g/mol. The van der Waals surface area contributed by atoms with E-state index in [1.807, 2.05) is 26.0 Å². The Morgan fingerprint density at radius 3 is 2.53 bits per heavy atom. The summed E-state index contributed by atoms with van der Waals surface area (Å²) in [6.07, 6.45) is 1.02. The van der Waals surface area contributed by atoms with Gasteiger partial charge in [0.05, 0.1) is 20.3 Å². The molecule has 0 spiro atoms. The van der Waals surface area contributed by atoms with Crippen LogP contribution in [0.5, 0.6) is 11.5 Å². The van der Waals surface area contributed by atoms with E-state index < -0.39 is 11.9 Å². The van der Waals surface area contributed by atoms with Crippen molar-refractivity contribution in [3.05, 3.63) is 53.3 Å². The molecule has 172 valence electrons. The molecule has 1 aliphatic rings. The lowest BCUT2D eigenvalue weighted by Crippen LogP contribution is -2.47. The van der Waals surface area contributed by atoms with Gasteiger partial charge in [0.1, 0.15) is 5.82 Å². The Morgan fingerprint density at radius 1 is 1.16 bits per heavy atom. The number of methoxy groups -OCH3 is 2. The van der Waals surface area contributed by atoms with Gasteiger partial charge in [-0.15, -0.1) is 0 Å². The summed E-state index contributed by atoms with van der Waals surface area (Å²) in [6.45, 7) is 4.65. The summed E-state index contributed by atoms with van der Waals surface area (Å²) in [5.41, 5.74) is 2.28. The van der Waals surface area contributed by atoms with Gasteiger partial charge in [0, 0.05) is 25.2 Å². The number of carbonyl (C=O) groups excluding carboxylic acids is 2. The maximum atomic E-state index is 13.6. The van der Waals surface area contributed by atoms with E-state index in [1.165, 1.54) is 18.2 Å². The number of ether oxygens (including phenoxy) is 2. The van der Waals surface area contributed by atoms with Crippen LogP contribution in [0, 0.1) is 11.7 Å². The Morgan fingerprint density at radius 2 is 1.88 bits per heavy atom. The van der Waals surface area contributed by atoms with Crippen LogP contribution >= 0.6 is 0 Å². The predicted octanol–water partition coefficient (Wildman–Crippen LogP) is 4.14. The summed E-state index contributed by atoms with van der Waals surface area (Å²) in [6, 6.07) is 8.75. The van der Waals surface area contributed by atoms with E-state index in [4.69, 9.17) is 9.47 Å². The molecule has 2 aromatic carbocycles. The second-order valence-corrected chi connectivity index (χ2v) is 8.21. The van der Waals surface area contributed by atoms with Gasteiger partial charge >= 0.3 is 6.03 Å². The lowest BCUT2D eigenvalue weighted by Gasteiger charge is -2.38. The van der Waals surface area contributed by atoms with Crippen molar-refractivity contribution in [1.29, 1.82) is 0 Å². The zero-order chi connectivity index (χ0) is 23.3. The summed E-state index contributed by atoms with van der Waals surface area (Å²) < 4.78 is 24.4. The van der Waals surface area contributed by atoms with Gasteiger partial charge in [0.15, 0.2) is 11.5 Å². The minimum atomic E-state index is -0.430. The first-order valence-electron chi connectivity index (χ1n) is 10.7. The third-order valence-corrected chi connectivity index (χ3v) is 5.43. The second kappa shape index (κ2) is 10.3. The van der Waals surface area contributed by atoms with E-state index >= 15 is 0 Å². The zero-order valence-electron chi connectivity index (χ0n) is 18.9. The van der Waals surface area contributed by atoms with Crippen molar-refractivity contribution < 1.29 is 23.5 Å². The smallest absolute Gasteiger partial charge is 0.322 e. The number of halogens is 1. The van der Waals surface area contributed by atoms with E-state index in [9.17, 15) is 14.0 Å². The number of hydrogen-bond acceptors (Lipinski definition) is 4. The SMILES string of the molecule is COc1cc2c(cc1OC)[C@@H](CNC(=O)CC(C)C)N(C(=O)Nc1cccc(F)c1)CC2. The van der Waals surface area contributed by atoms with Gasteiger partial charge in [-0.2, -0.15) is 0 Å². The highest BCUT2D eigenvalue weighted by atomic mass is 19.1. The van der Waals surface area contributed by atoms with Crippen molar-refractivity contribution in [2.24, 2.45) is 5.92 Å². The molecule has 1 atom stereocenters. The third kappa shape index (κ3) is 5.49. The highest BCUT2D eigenvalue weighted by Gasteiger charge is 2.32. The Labute approximate surface area is 187 Å². The maximum absolute atomic E-state index is 13.6. The van der Waals surface area contributed by atoms with Crippen molar-refractivity contribution in [3.8, 4) is 11.5 Å². The number of urea groups is 1. The van der Waals surface area contributed by atoms with Crippen molar-refractivity contribution >= 4 is 17.6 Å². The molecule has 0 fully saturated rings. The van der Waals surface area contributed by atoms with E-state index in [0.29, 0.717) is 36.6 Å². The van der Waals surface area contributed by atoms with Crippen molar-refractivity contribution in [2.45, 2.75) is 32.7 Å². The first kappa shape index (κ1) is 23.4. The minimum Gasteiger partial charge on any atom is -0.493 e. The van der Waals surface area contributed by atoms with Crippen LogP contribution in [0.25, 0.3) is 0 Å². The number of anilines is 1. The van der Waals surface area contributed by atoms with Crippen molar-refractivity contribution in [2.75, 3.05) is 32.6 Å². The summed E-state index contributed by atoms with van der Waals surface area (Å²) in [5, 5.41) is 5.72. The normalized spacial score (nSPS) is 15.2. The van der Waals surface area contributed by atoms with Gasteiger partial charge in [-0.3, -0.25) is 4.79 Å². The molecule has 0 unspecified atom stereocenters. The van der Waals surface area contributed by atoms with Crippen LogP contribution in [0.2, 0.25) is 0 Å². The van der Waals surface area contributed by atoms with Crippen LogP contribution in [0.1, 0.15) is 37.4 Å². The van der Waals surface area contributed by atoms with Crippen LogP contribution < -0.4 is 20.1 Å². The molecule has 0 bridgehead atoms. The monoisotopic (exact) mass is 443 g/mol. The van der Waals surface area contributed by atoms with Gasteiger partial charge in [-0.25, -0.2) is 9.18 Å². The van der Waals surface area contributed by atoms with Gasteiger partial charge in [-0.05, 0) is 53.8 Å².